The lowest BCUT2D eigenvalue weighted by atomic mass is 10.2. The average Bonchev–Trinajstić information content (AvgIpc) is 2.64. The summed E-state index contributed by atoms with van der Waals surface area (Å²) < 4.78 is 52.7. The lowest BCUT2D eigenvalue weighted by molar-refractivity contribution is -0.137. The van der Waals surface area contributed by atoms with Crippen LogP contribution in [0.4, 0.5) is 23.2 Å². The molecule has 29 heavy (non-hydrogen) atoms. The summed E-state index contributed by atoms with van der Waals surface area (Å²) in [6.07, 6.45) is -4.55. The first-order chi connectivity index (χ1) is 13.6. The number of hydrogen-bond donors (Lipinski definition) is 1. The Morgan fingerprint density at radius 1 is 1.10 bits per heavy atom. The molecule has 0 unspecified atom stereocenters. The van der Waals surface area contributed by atoms with Gasteiger partial charge in [0.2, 0.25) is 5.91 Å². The van der Waals surface area contributed by atoms with Crippen molar-refractivity contribution in [1.82, 2.24) is 9.55 Å². The van der Waals surface area contributed by atoms with E-state index in [9.17, 15) is 27.2 Å². The van der Waals surface area contributed by atoms with E-state index in [1.807, 2.05) is 0 Å². The van der Waals surface area contributed by atoms with Crippen molar-refractivity contribution in [3.05, 3.63) is 82.0 Å². The minimum Gasteiger partial charge on any atom is -0.325 e. The van der Waals surface area contributed by atoms with Crippen LogP contribution < -0.4 is 10.9 Å². The molecule has 0 aliphatic rings. The van der Waals surface area contributed by atoms with Crippen LogP contribution in [0.3, 0.4) is 0 Å². The van der Waals surface area contributed by atoms with Crippen molar-refractivity contribution in [2.24, 2.45) is 0 Å². The quantitative estimate of drug-likeness (QED) is 0.667. The molecule has 0 saturated heterocycles. The van der Waals surface area contributed by atoms with Gasteiger partial charge in [0.25, 0.3) is 5.56 Å². The van der Waals surface area contributed by atoms with E-state index in [2.05, 4.69) is 10.3 Å². The lowest BCUT2D eigenvalue weighted by Crippen LogP contribution is -2.29. The van der Waals surface area contributed by atoms with Crippen LogP contribution in [0.15, 0.2) is 59.4 Å². The molecule has 1 N–H and O–H groups in total. The summed E-state index contributed by atoms with van der Waals surface area (Å²) in [5.41, 5.74) is -0.656. The van der Waals surface area contributed by atoms with Gasteiger partial charge in [-0.05, 0) is 49.4 Å². The summed E-state index contributed by atoms with van der Waals surface area (Å²) >= 11 is 0. The zero-order chi connectivity index (χ0) is 21.2. The molecule has 1 amide bonds. The van der Waals surface area contributed by atoms with Gasteiger partial charge in [0, 0.05) is 23.0 Å². The largest absolute Gasteiger partial charge is 0.416 e. The van der Waals surface area contributed by atoms with Crippen molar-refractivity contribution >= 4 is 11.6 Å². The maximum absolute atomic E-state index is 13.2. The van der Waals surface area contributed by atoms with E-state index >= 15 is 0 Å². The van der Waals surface area contributed by atoms with E-state index in [-0.39, 0.29) is 11.5 Å². The third-order valence-electron chi connectivity index (χ3n) is 4.01. The smallest absolute Gasteiger partial charge is 0.325 e. The van der Waals surface area contributed by atoms with Crippen molar-refractivity contribution in [1.29, 1.82) is 0 Å². The van der Waals surface area contributed by atoms with Gasteiger partial charge in [-0.3, -0.25) is 14.2 Å². The van der Waals surface area contributed by atoms with Crippen molar-refractivity contribution in [3.63, 3.8) is 0 Å². The molecule has 3 aromatic rings. The number of rotatable bonds is 4. The van der Waals surface area contributed by atoms with Crippen LogP contribution in [0.1, 0.15) is 11.3 Å². The van der Waals surface area contributed by atoms with Gasteiger partial charge in [0.05, 0.1) is 5.56 Å². The molecule has 0 atom stereocenters. The maximum atomic E-state index is 13.2. The Morgan fingerprint density at radius 3 is 2.45 bits per heavy atom. The summed E-state index contributed by atoms with van der Waals surface area (Å²) in [5.74, 6) is -1.03. The Hall–Kier alpha value is -3.49. The molecule has 0 aliphatic heterocycles. The minimum atomic E-state index is -4.55. The Balaban J connectivity index is 1.89. The van der Waals surface area contributed by atoms with Gasteiger partial charge in [-0.1, -0.05) is 6.07 Å². The second kappa shape index (κ2) is 7.86. The van der Waals surface area contributed by atoms with Crippen molar-refractivity contribution in [2.75, 3.05) is 5.32 Å². The highest BCUT2D eigenvalue weighted by atomic mass is 19.4. The number of aromatic nitrogens is 2. The van der Waals surface area contributed by atoms with Gasteiger partial charge in [0.15, 0.2) is 0 Å². The average molecular weight is 405 g/mol. The third kappa shape index (κ3) is 4.87. The van der Waals surface area contributed by atoms with Crippen LogP contribution in [-0.4, -0.2) is 15.5 Å². The first-order valence-electron chi connectivity index (χ1n) is 8.45. The molecule has 2 aromatic carbocycles. The molecule has 0 bridgehead atoms. The predicted molar refractivity (Wildman–Crippen MR) is 98.7 cm³/mol. The van der Waals surface area contributed by atoms with Gasteiger partial charge in [0.1, 0.15) is 18.2 Å². The number of carbonyl (C=O) groups excluding carboxylic acids is 1. The second-order valence-corrected chi connectivity index (χ2v) is 6.28. The SMILES string of the molecule is Cc1cc(=O)n(CC(=O)Nc2cccc(C(F)(F)F)c2)c(-c2ccc(F)cc2)n1. The number of carbonyl (C=O) groups is 1. The summed E-state index contributed by atoms with van der Waals surface area (Å²) in [4.78, 5) is 29.0. The number of nitrogens with zero attached hydrogens (tertiary/aromatic N) is 2. The van der Waals surface area contributed by atoms with E-state index in [1.165, 1.54) is 42.5 Å². The molecule has 1 heterocycles. The first kappa shape index (κ1) is 20.2. The van der Waals surface area contributed by atoms with E-state index in [4.69, 9.17) is 0 Å². The van der Waals surface area contributed by atoms with Crippen LogP contribution in [0.2, 0.25) is 0 Å². The fourth-order valence-electron chi connectivity index (χ4n) is 2.71. The highest BCUT2D eigenvalue weighted by molar-refractivity contribution is 5.90. The number of hydrogen-bond acceptors (Lipinski definition) is 3. The summed E-state index contributed by atoms with van der Waals surface area (Å²) in [6.45, 7) is 1.12. The standard InChI is InChI=1S/C20H15F4N3O2/c1-12-9-18(29)27(19(25-12)13-5-7-15(21)8-6-13)11-17(28)26-16-4-2-3-14(10-16)20(22,23)24/h2-10H,11H2,1H3,(H,26,28). The number of halogens is 4. The zero-order valence-corrected chi connectivity index (χ0v) is 15.1. The molecule has 9 heteroatoms. The van der Waals surface area contributed by atoms with E-state index in [1.54, 1.807) is 6.92 Å². The van der Waals surface area contributed by atoms with Gasteiger partial charge >= 0.3 is 6.18 Å². The molecule has 0 fully saturated rings. The molecule has 1 aromatic heterocycles. The Morgan fingerprint density at radius 2 is 1.79 bits per heavy atom. The minimum absolute atomic E-state index is 0.0544. The summed E-state index contributed by atoms with van der Waals surface area (Å²) in [7, 11) is 0. The van der Waals surface area contributed by atoms with Gasteiger partial charge in [-0.15, -0.1) is 0 Å². The first-order valence-corrected chi connectivity index (χ1v) is 8.45. The van der Waals surface area contributed by atoms with Crippen LogP contribution in [0, 0.1) is 12.7 Å². The van der Waals surface area contributed by atoms with E-state index in [0.717, 1.165) is 16.7 Å². The van der Waals surface area contributed by atoms with Gasteiger partial charge in [-0.2, -0.15) is 13.2 Å². The highest BCUT2D eigenvalue weighted by Crippen LogP contribution is 2.30. The summed E-state index contributed by atoms with van der Waals surface area (Å²) in [6, 6.07) is 10.6. The van der Waals surface area contributed by atoms with E-state index < -0.39 is 35.6 Å². The molecule has 0 spiro atoms. The number of benzene rings is 2. The molecule has 0 saturated carbocycles. The highest BCUT2D eigenvalue weighted by Gasteiger charge is 2.30. The van der Waals surface area contributed by atoms with Crippen molar-refractivity contribution in [3.8, 4) is 11.4 Å². The van der Waals surface area contributed by atoms with Crippen molar-refractivity contribution < 1.29 is 22.4 Å². The zero-order valence-electron chi connectivity index (χ0n) is 15.1. The molecule has 150 valence electrons. The molecular weight excluding hydrogens is 390 g/mol. The maximum Gasteiger partial charge on any atom is 0.416 e. The fraction of sp³-hybridized carbons (Fsp3) is 0.150. The monoisotopic (exact) mass is 405 g/mol. The number of alkyl halides is 3. The number of anilines is 1. The molecule has 0 aliphatic carbocycles. The number of aryl methyl sites for hydroxylation is 1. The fourth-order valence-corrected chi connectivity index (χ4v) is 2.71. The Labute approximate surface area is 162 Å². The molecule has 5 nitrogen and oxygen atoms in total. The molecule has 0 radical (unpaired) electrons. The van der Waals surface area contributed by atoms with Crippen LogP contribution in [-0.2, 0) is 17.5 Å². The van der Waals surface area contributed by atoms with Crippen LogP contribution >= 0.6 is 0 Å². The molecule has 3 rings (SSSR count). The van der Waals surface area contributed by atoms with E-state index in [0.29, 0.717) is 11.3 Å². The van der Waals surface area contributed by atoms with Crippen molar-refractivity contribution in [2.45, 2.75) is 19.6 Å². The summed E-state index contributed by atoms with van der Waals surface area (Å²) in [5, 5.41) is 2.35. The Bertz CT molecular complexity index is 1110. The topological polar surface area (TPSA) is 64.0 Å². The normalized spacial score (nSPS) is 11.3. The molecular formula is C20H15F4N3O2. The number of nitrogens with one attached hydrogen (secondary N) is 1. The third-order valence-corrected chi connectivity index (χ3v) is 4.01. The van der Waals surface area contributed by atoms with Crippen LogP contribution in [0.5, 0.6) is 0 Å². The number of amides is 1. The van der Waals surface area contributed by atoms with Gasteiger partial charge < -0.3 is 5.32 Å². The Kier molecular flexibility index (Phi) is 5.49. The lowest BCUT2D eigenvalue weighted by Gasteiger charge is -2.14. The second-order valence-electron chi connectivity index (χ2n) is 6.28. The predicted octanol–water partition coefficient (Wildman–Crippen LogP) is 4.02. The van der Waals surface area contributed by atoms with Gasteiger partial charge in [-0.25, -0.2) is 9.37 Å². The van der Waals surface area contributed by atoms with Crippen LogP contribution in [0.25, 0.3) is 11.4 Å².